The molecule has 0 aliphatic carbocycles. The van der Waals surface area contributed by atoms with Crippen molar-refractivity contribution in [1.29, 1.82) is 0 Å². The van der Waals surface area contributed by atoms with Gasteiger partial charge in [0.25, 0.3) is 0 Å². The highest BCUT2D eigenvalue weighted by Crippen LogP contribution is 2.03. The molecule has 0 saturated heterocycles. The van der Waals surface area contributed by atoms with Gasteiger partial charge in [-0.25, -0.2) is 0 Å². The molecule has 0 fully saturated rings. The molecule has 0 aliphatic heterocycles. The second kappa shape index (κ2) is 2.80. The molecule has 54 valence electrons. The molecule has 0 radical (unpaired) electrons. The van der Waals surface area contributed by atoms with Gasteiger partial charge in [-0.05, 0) is 13.3 Å². The molecule has 9 heavy (non-hydrogen) atoms. The van der Waals surface area contributed by atoms with Crippen molar-refractivity contribution in [2.45, 2.75) is 18.9 Å². The zero-order valence-electron chi connectivity index (χ0n) is 5.29. The Morgan fingerprint density at radius 2 is 2.22 bits per heavy atom. The van der Waals surface area contributed by atoms with Gasteiger partial charge in [0.2, 0.25) is 0 Å². The minimum Gasteiger partial charge on any atom is -0.480 e. The van der Waals surface area contributed by atoms with Gasteiger partial charge in [-0.2, -0.15) is 0 Å². The number of carboxylic acid groups (broad SMARTS) is 1. The lowest BCUT2D eigenvalue weighted by Gasteiger charge is -2.16. The summed E-state index contributed by atoms with van der Waals surface area (Å²) in [6.07, 6.45) is 0.0856. The minimum absolute atomic E-state index is 0.0856. The molecule has 0 aromatic carbocycles. The van der Waals surface area contributed by atoms with Gasteiger partial charge in [0.1, 0.15) is 5.54 Å². The molecule has 0 amide bonds. The molecule has 1 atom stereocenters. The molecule has 0 aromatic heterocycles. The lowest BCUT2D eigenvalue weighted by atomic mass is 10.0. The van der Waals surface area contributed by atoms with Gasteiger partial charge in [0.05, 0.1) is 0 Å². The Hall–Kier alpha value is -0.610. The predicted octanol–water partition coefficient (Wildman–Crippen LogP) is -0.829. The summed E-state index contributed by atoms with van der Waals surface area (Å²) in [6, 6.07) is 0. The number of rotatable bonds is 3. The maximum atomic E-state index is 10.2. The Bertz CT molecular complexity index is 111. The molecule has 4 N–H and O–H groups in total. The summed E-state index contributed by atoms with van der Waals surface area (Å²) >= 11 is 0. The van der Waals surface area contributed by atoms with Crippen molar-refractivity contribution in [3.8, 4) is 0 Å². The number of aliphatic hydroxyl groups is 1. The summed E-state index contributed by atoms with van der Waals surface area (Å²) in [5.74, 6) is -1.09. The lowest BCUT2D eigenvalue weighted by Crippen LogP contribution is -2.45. The average molecular weight is 133 g/mol. The standard InChI is InChI=1S/C5H11NO3/c1-5(6,2-3-7)4(8)9/h7H,2-3,6H2,1H3,(H,8,9). The third kappa shape index (κ3) is 2.43. The molecule has 0 saturated carbocycles. The first-order chi connectivity index (χ1) is 4.00. The summed E-state index contributed by atoms with van der Waals surface area (Å²) in [5, 5.41) is 16.6. The van der Waals surface area contributed by atoms with Crippen LogP contribution in [0.4, 0.5) is 0 Å². The van der Waals surface area contributed by atoms with E-state index in [9.17, 15) is 4.79 Å². The first-order valence-electron chi connectivity index (χ1n) is 2.64. The fourth-order valence-electron chi connectivity index (χ4n) is 0.339. The molecular weight excluding hydrogens is 122 g/mol. The highest BCUT2D eigenvalue weighted by molar-refractivity contribution is 5.77. The van der Waals surface area contributed by atoms with E-state index >= 15 is 0 Å². The zero-order valence-corrected chi connectivity index (χ0v) is 5.29. The second-order valence-corrected chi connectivity index (χ2v) is 2.20. The highest BCUT2D eigenvalue weighted by Gasteiger charge is 2.26. The van der Waals surface area contributed by atoms with Crippen LogP contribution in [0.15, 0.2) is 0 Å². The van der Waals surface area contributed by atoms with Crippen LogP contribution in [-0.4, -0.2) is 28.3 Å². The quantitative estimate of drug-likeness (QED) is 0.469. The number of aliphatic carboxylic acids is 1. The van der Waals surface area contributed by atoms with Gasteiger partial charge < -0.3 is 15.9 Å². The number of hydrogen-bond acceptors (Lipinski definition) is 3. The van der Waals surface area contributed by atoms with Gasteiger partial charge in [-0.3, -0.25) is 4.79 Å². The van der Waals surface area contributed by atoms with Crippen molar-refractivity contribution in [2.75, 3.05) is 6.61 Å². The van der Waals surface area contributed by atoms with Crippen LogP contribution in [0.5, 0.6) is 0 Å². The number of carboxylic acids is 1. The Morgan fingerprint density at radius 1 is 1.78 bits per heavy atom. The maximum absolute atomic E-state index is 10.2. The van der Waals surface area contributed by atoms with Gasteiger partial charge in [0, 0.05) is 6.61 Å². The Kier molecular flexibility index (Phi) is 2.61. The van der Waals surface area contributed by atoms with Crippen molar-refractivity contribution in [3.63, 3.8) is 0 Å². The molecule has 0 bridgehead atoms. The van der Waals surface area contributed by atoms with Crippen LogP contribution in [0.2, 0.25) is 0 Å². The van der Waals surface area contributed by atoms with Crippen LogP contribution in [0.25, 0.3) is 0 Å². The molecule has 0 aromatic rings. The molecule has 0 aliphatic rings. The molecule has 4 nitrogen and oxygen atoms in total. The average Bonchev–Trinajstić information content (AvgIpc) is 1.65. The van der Waals surface area contributed by atoms with Crippen molar-refractivity contribution in [3.05, 3.63) is 0 Å². The number of carbonyl (C=O) groups is 1. The van der Waals surface area contributed by atoms with E-state index in [0.29, 0.717) is 0 Å². The SMILES string of the molecule is CC(N)(CCO)C(=O)O. The summed E-state index contributed by atoms with van der Waals surface area (Å²) in [4.78, 5) is 10.2. The molecule has 0 heterocycles. The van der Waals surface area contributed by atoms with Gasteiger partial charge in [0.15, 0.2) is 0 Å². The van der Waals surface area contributed by atoms with E-state index in [0.717, 1.165) is 0 Å². The summed E-state index contributed by atoms with van der Waals surface area (Å²) in [5.41, 5.74) is 3.93. The van der Waals surface area contributed by atoms with Crippen LogP contribution in [0.3, 0.4) is 0 Å². The maximum Gasteiger partial charge on any atom is 0.323 e. The minimum atomic E-state index is -1.28. The monoisotopic (exact) mass is 133 g/mol. The smallest absolute Gasteiger partial charge is 0.323 e. The van der Waals surface area contributed by atoms with E-state index in [-0.39, 0.29) is 13.0 Å². The van der Waals surface area contributed by atoms with Crippen molar-refractivity contribution in [2.24, 2.45) is 5.73 Å². The zero-order chi connectivity index (χ0) is 7.49. The fourth-order valence-corrected chi connectivity index (χ4v) is 0.339. The Balaban J connectivity index is 3.85. The van der Waals surface area contributed by atoms with Crippen LogP contribution in [-0.2, 0) is 4.79 Å². The van der Waals surface area contributed by atoms with E-state index < -0.39 is 11.5 Å². The van der Waals surface area contributed by atoms with Crippen LogP contribution < -0.4 is 5.73 Å². The first-order valence-corrected chi connectivity index (χ1v) is 2.64. The largest absolute Gasteiger partial charge is 0.480 e. The Labute approximate surface area is 53.3 Å². The van der Waals surface area contributed by atoms with Crippen molar-refractivity contribution in [1.82, 2.24) is 0 Å². The Morgan fingerprint density at radius 3 is 2.33 bits per heavy atom. The number of aliphatic hydroxyl groups excluding tert-OH is 1. The van der Waals surface area contributed by atoms with Gasteiger partial charge in [-0.1, -0.05) is 0 Å². The summed E-state index contributed by atoms with van der Waals surface area (Å²) in [7, 11) is 0. The third-order valence-corrected chi connectivity index (χ3v) is 1.12. The molecule has 0 rings (SSSR count). The molecule has 0 spiro atoms. The number of nitrogens with two attached hydrogens (primary N) is 1. The first kappa shape index (κ1) is 8.39. The van der Waals surface area contributed by atoms with Gasteiger partial charge >= 0.3 is 5.97 Å². The van der Waals surface area contributed by atoms with Crippen LogP contribution in [0.1, 0.15) is 13.3 Å². The highest BCUT2D eigenvalue weighted by atomic mass is 16.4. The summed E-state index contributed by atoms with van der Waals surface area (Å²) < 4.78 is 0. The summed E-state index contributed by atoms with van der Waals surface area (Å²) in [6.45, 7) is 1.17. The van der Waals surface area contributed by atoms with E-state index in [1.54, 1.807) is 0 Å². The fraction of sp³-hybridized carbons (Fsp3) is 0.800. The van der Waals surface area contributed by atoms with Gasteiger partial charge in [-0.15, -0.1) is 0 Å². The van der Waals surface area contributed by atoms with E-state index in [1.165, 1.54) is 6.92 Å². The molecule has 1 unspecified atom stereocenters. The third-order valence-electron chi connectivity index (χ3n) is 1.12. The van der Waals surface area contributed by atoms with E-state index in [2.05, 4.69) is 0 Å². The van der Waals surface area contributed by atoms with E-state index in [4.69, 9.17) is 15.9 Å². The normalized spacial score (nSPS) is 16.8. The second-order valence-electron chi connectivity index (χ2n) is 2.20. The molecule has 4 heteroatoms. The van der Waals surface area contributed by atoms with Crippen LogP contribution >= 0.6 is 0 Å². The molecular formula is C5H11NO3. The lowest BCUT2D eigenvalue weighted by molar-refractivity contribution is -0.143. The predicted molar refractivity (Wildman–Crippen MR) is 31.9 cm³/mol. The van der Waals surface area contributed by atoms with Crippen LogP contribution in [0, 0.1) is 0 Å². The topological polar surface area (TPSA) is 83.5 Å². The number of hydrogen-bond donors (Lipinski definition) is 3. The van der Waals surface area contributed by atoms with Crippen molar-refractivity contribution < 1.29 is 15.0 Å². The van der Waals surface area contributed by atoms with E-state index in [1.807, 2.05) is 0 Å². The van der Waals surface area contributed by atoms with Crippen molar-refractivity contribution >= 4 is 5.97 Å².